The Balaban J connectivity index is 1.45. The third-order valence-corrected chi connectivity index (χ3v) is 11.9. The lowest BCUT2D eigenvalue weighted by atomic mass is 9.67. The number of fused-ring (bicyclic) bond motifs is 5. The van der Waals surface area contributed by atoms with Gasteiger partial charge in [0, 0.05) is 0 Å². The Morgan fingerprint density at radius 2 is 1.25 bits per heavy atom. The number of hydrogen-bond acceptors (Lipinski definition) is 3. The first kappa shape index (κ1) is 26.7. The Hall–Kier alpha value is -4.93. The number of benzene rings is 5. The van der Waals surface area contributed by atoms with Crippen LogP contribution in [-0.2, 0) is 15.9 Å². The second-order valence-electron chi connectivity index (χ2n) is 11.3. The zero-order valence-electron chi connectivity index (χ0n) is 24.5. The van der Waals surface area contributed by atoms with Crippen molar-refractivity contribution in [2.45, 2.75) is 15.2 Å². The molecular weight excluding hydrogens is 561 g/mol. The molecule has 0 amide bonds. The van der Waals surface area contributed by atoms with Gasteiger partial charge in [-0.25, -0.2) is 0 Å². The Morgan fingerprint density at radius 3 is 1.93 bits per heavy atom. The van der Waals surface area contributed by atoms with Gasteiger partial charge in [-0.15, -0.1) is 0 Å². The molecule has 1 aliphatic heterocycles. The van der Waals surface area contributed by atoms with Gasteiger partial charge in [-0.1, -0.05) is 89.4 Å². The molecule has 4 heteroatoms. The van der Waals surface area contributed by atoms with Crippen LogP contribution >= 0.6 is 0 Å². The number of hydrogen-bond donors (Lipinski definition) is 0. The number of methoxy groups -OCH3 is 2. The molecule has 2 unspecified atom stereocenters. The van der Waals surface area contributed by atoms with Crippen molar-refractivity contribution in [3.05, 3.63) is 167 Å². The van der Waals surface area contributed by atoms with Crippen molar-refractivity contribution in [2.24, 2.45) is 5.92 Å². The largest absolute Gasteiger partial charge is 0.497 e. The molecule has 3 aliphatic rings. The van der Waals surface area contributed by atoms with E-state index in [1.165, 1.54) is 43.1 Å². The van der Waals surface area contributed by atoms with E-state index in [-0.39, 0.29) is 11.7 Å². The normalized spacial score (nSPS) is 18.7. The lowest BCUT2D eigenvalue weighted by Crippen LogP contribution is -2.32. The number of ketones is 1. The highest BCUT2D eigenvalue weighted by Gasteiger charge is 2.47. The number of Topliss-reactive ketones (excluding diaryl/α,β-unsaturated/α-hetero) is 1. The average molecular weight is 592 g/mol. The van der Waals surface area contributed by atoms with Crippen molar-refractivity contribution in [3.63, 3.8) is 0 Å². The fourth-order valence-electron chi connectivity index (χ4n) is 7.32. The van der Waals surface area contributed by atoms with E-state index in [4.69, 9.17) is 9.47 Å². The molecule has 2 aliphatic carbocycles. The molecule has 3 nitrogen and oxygen atoms in total. The molecule has 2 atom stereocenters. The first-order valence-corrected chi connectivity index (χ1v) is 16.2. The van der Waals surface area contributed by atoms with E-state index in [0.29, 0.717) is 0 Å². The molecule has 44 heavy (non-hydrogen) atoms. The quantitative estimate of drug-likeness (QED) is 0.116. The van der Waals surface area contributed by atoms with Gasteiger partial charge in [0.2, 0.25) is 0 Å². The van der Waals surface area contributed by atoms with E-state index in [2.05, 4.69) is 121 Å². The molecule has 1 heterocycles. The van der Waals surface area contributed by atoms with Crippen molar-refractivity contribution >= 4 is 21.1 Å². The Labute approximate surface area is 260 Å². The summed E-state index contributed by atoms with van der Waals surface area (Å²) >= 11 is 0. The first-order valence-electron chi connectivity index (χ1n) is 14.8. The molecular formula is C40H31O3S+. The van der Waals surface area contributed by atoms with Gasteiger partial charge in [0.25, 0.3) is 0 Å². The molecule has 0 bridgehead atoms. The van der Waals surface area contributed by atoms with Crippen LogP contribution in [0.5, 0.6) is 11.5 Å². The lowest BCUT2D eigenvalue weighted by molar-refractivity contribution is 0.0969. The van der Waals surface area contributed by atoms with Crippen LogP contribution in [0, 0.1) is 5.92 Å². The van der Waals surface area contributed by atoms with Crippen molar-refractivity contribution in [2.75, 3.05) is 14.2 Å². The minimum atomic E-state index is -0.926. The first-order chi connectivity index (χ1) is 21.6. The topological polar surface area (TPSA) is 35.5 Å². The summed E-state index contributed by atoms with van der Waals surface area (Å²) in [6.07, 6.45) is 8.31. The van der Waals surface area contributed by atoms with Gasteiger partial charge in [0.15, 0.2) is 5.78 Å². The predicted molar refractivity (Wildman–Crippen MR) is 180 cm³/mol. The summed E-state index contributed by atoms with van der Waals surface area (Å²) in [5.74, 6) is 1.62. The number of thiol groups is 1. The third-order valence-electron chi connectivity index (χ3n) is 9.28. The van der Waals surface area contributed by atoms with Gasteiger partial charge >= 0.3 is 0 Å². The maximum Gasteiger partial charge on any atom is 0.183 e. The van der Waals surface area contributed by atoms with E-state index in [0.717, 1.165) is 22.0 Å². The van der Waals surface area contributed by atoms with Crippen LogP contribution in [0.2, 0.25) is 0 Å². The minimum absolute atomic E-state index is 0.189. The van der Waals surface area contributed by atoms with E-state index in [9.17, 15) is 4.79 Å². The van der Waals surface area contributed by atoms with Crippen LogP contribution in [0.3, 0.4) is 0 Å². The molecule has 0 saturated heterocycles. The summed E-state index contributed by atoms with van der Waals surface area (Å²) in [4.78, 5) is 17.2. The maximum atomic E-state index is 13.6. The maximum absolute atomic E-state index is 13.6. The third kappa shape index (κ3) is 3.77. The molecule has 0 N–H and O–H groups in total. The van der Waals surface area contributed by atoms with E-state index in [1.54, 1.807) is 14.2 Å². The molecule has 0 fully saturated rings. The van der Waals surface area contributed by atoms with Crippen LogP contribution in [0.25, 0.3) is 11.1 Å². The molecule has 5 aromatic carbocycles. The standard InChI is InChI=1S/C40H30O3S/c1-42-28-19-15-26(16-20-28)40(27-17-21-29(43-2)22-18-27)35-12-6-3-9-31(35)32-24-23-30(25-36(32)40)44-37-13-7-4-10-33(37)39(41)34-11-5-8-14-38(34)44/h3-25,33H,1-2H3/p+1. The van der Waals surface area contributed by atoms with Gasteiger partial charge in [0.1, 0.15) is 32.1 Å². The highest BCUT2D eigenvalue weighted by Crippen LogP contribution is 2.57. The Morgan fingerprint density at radius 1 is 0.636 bits per heavy atom. The SMILES string of the molecule is COc1ccc(C2(c3ccc(OC)cc3)c3ccccc3-c3ccc([SH+]4=C5C=CC=CC5C(=O)c5ccccc54)cc32)cc1. The molecule has 0 spiro atoms. The van der Waals surface area contributed by atoms with Gasteiger partial charge < -0.3 is 9.47 Å². The second-order valence-corrected chi connectivity index (χ2v) is 13.5. The summed E-state index contributed by atoms with van der Waals surface area (Å²) in [6.45, 7) is 0. The predicted octanol–water partition coefficient (Wildman–Crippen LogP) is 7.95. The molecule has 0 aromatic heterocycles. The number of carbonyl (C=O) groups excluding carboxylic acids is 1. The van der Waals surface area contributed by atoms with Crippen LogP contribution in [0.4, 0.5) is 0 Å². The Kier molecular flexibility index (Phi) is 6.28. The summed E-state index contributed by atoms with van der Waals surface area (Å²) in [6, 6.07) is 41.0. The Bertz CT molecular complexity index is 2000. The number of ether oxygens (including phenoxy) is 2. The van der Waals surface area contributed by atoms with E-state index >= 15 is 0 Å². The van der Waals surface area contributed by atoms with Crippen molar-refractivity contribution in [3.8, 4) is 22.6 Å². The summed E-state index contributed by atoms with van der Waals surface area (Å²) in [5, 5.41) is 0. The monoisotopic (exact) mass is 591 g/mol. The number of carbonyl (C=O) groups is 1. The summed E-state index contributed by atoms with van der Waals surface area (Å²) in [7, 11) is 2.48. The van der Waals surface area contributed by atoms with Crippen LogP contribution in [0.15, 0.2) is 149 Å². The van der Waals surface area contributed by atoms with E-state index < -0.39 is 15.9 Å². The lowest BCUT2D eigenvalue weighted by Gasteiger charge is -2.34. The van der Waals surface area contributed by atoms with Crippen molar-refractivity contribution < 1.29 is 14.3 Å². The zero-order valence-corrected chi connectivity index (χ0v) is 25.4. The molecule has 5 aromatic rings. The fourth-order valence-corrected chi connectivity index (χ4v) is 10.0. The average Bonchev–Trinajstić information content (AvgIpc) is 3.39. The van der Waals surface area contributed by atoms with Crippen LogP contribution in [0.1, 0.15) is 32.6 Å². The molecule has 0 radical (unpaired) electrons. The summed E-state index contributed by atoms with van der Waals surface area (Å²) in [5.41, 5.74) is 7.58. The highest BCUT2D eigenvalue weighted by atomic mass is 32.2. The van der Waals surface area contributed by atoms with Gasteiger partial charge in [-0.3, -0.25) is 4.79 Å². The number of allylic oxidation sites excluding steroid dienone is 4. The fraction of sp³-hybridized carbons (Fsp3) is 0.100. The van der Waals surface area contributed by atoms with Gasteiger partial charge in [-0.2, -0.15) is 0 Å². The molecule has 0 saturated carbocycles. The molecule has 214 valence electrons. The van der Waals surface area contributed by atoms with Gasteiger partial charge in [-0.05, 0) is 94.1 Å². The minimum Gasteiger partial charge on any atom is -0.497 e. The number of rotatable bonds is 5. The van der Waals surface area contributed by atoms with E-state index in [1.807, 2.05) is 18.2 Å². The molecule has 8 rings (SSSR count). The van der Waals surface area contributed by atoms with Gasteiger partial charge in [0.05, 0.1) is 25.2 Å². The van der Waals surface area contributed by atoms with Crippen LogP contribution < -0.4 is 9.47 Å². The van der Waals surface area contributed by atoms with Crippen LogP contribution in [-0.4, -0.2) is 24.9 Å². The zero-order chi connectivity index (χ0) is 29.8. The second kappa shape index (κ2) is 10.4. The van der Waals surface area contributed by atoms with Crippen molar-refractivity contribution in [1.29, 1.82) is 0 Å². The highest BCUT2D eigenvalue weighted by molar-refractivity contribution is 7.97. The summed E-state index contributed by atoms with van der Waals surface area (Å²) < 4.78 is 11.1. The smallest absolute Gasteiger partial charge is 0.183 e. The van der Waals surface area contributed by atoms with Crippen molar-refractivity contribution in [1.82, 2.24) is 0 Å².